The van der Waals surface area contributed by atoms with Crippen LogP contribution in [-0.4, -0.2) is 33.8 Å². The van der Waals surface area contributed by atoms with Crippen LogP contribution in [0.3, 0.4) is 0 Å². The Morgan fingerprint density at radius 3 is 2.65 bits per heavy atom. The highest BCUT2D eigenvalue weighted by molar-refractivity contribution is 7.93. The van der Waals surface area contributed by atoms with Crippen LogP contribution in [0.5, 0.6) is 0 Å². The first-order valence-electron chi connectivity index (χ1n) is 5.88. The van der Waals surface area contributed by atoms with Gasteiger partial charge in [0.1, 0.15) is 0 Å². The lowest BCUT2D eigenvalue weighted by molar-refractivity contribution is 0.406. The molecule has 3 rings (SSSR count). The summed E-state index contributed by atoms with van der Waals surface area (Å²) < 4.78 is 26.0. The minimum atomic E-state index is -3.14. The first-order chi connectivity index (χ1) is 8.11. The van der Waals surface area contributed by atoms with Crippen molar-refractivity contribution in [3.05, 3.63) is 30.3 Å². The van der Waals surface area contributed by atoms with Crippen molar-refractivity contribution >= 4 is 15.7 Å². The highest BCUT2D eigenvalue weighted by atomic mass is 32.2. The molecule has 92 valence electrons. The van der Waals surface area contributed by atoms with Crippen LogP contribution in [0.4, 0.5) is 5.69 Å². The minimum Gasteiger partial charge on any atom is -0.316 e. The predicted octanol–water partition coefficient (Wildman–Crippen LogP) is 0.816. The van der Waals surface area contributed by atoms with E-state index < -0.39 is 10.0 Å². The molecule has 2 saturated heterocycles. The molecule has 1 unspecified atom stereocenters. The van der Waals surface area contributed by atoms with Gasteiger partial charge >= 0.3 is 0 Å². The third-order valence-electron chi connectivity index (χ3n) is 3.68. The van der Waals surface area contributed by atoms with Crippen molar-refractivity contribution in [2.24, 2.45) is 5.41 Å². The molecule has 0 aliphatic carbocycles. The molecule has 4 nitrogen and oxygen atoms in total. The van der Waals surface area contributed by atoms with Crippen LogP contribution >= 0.6 is 0 Å². The van der Waals surface area contributed by atoms with E-state index >= 15 is 0 Å². The Morgan fingerprint density at radius 2 is 2.00 bits per heavy atom. The van der Waals surface area contributed by atoms with E-state index in [2.05, 4.69) is 5.32 Å². The third kappa shape index (κ3) is 1.83. The number of nitrogens with zero attached hydrogens (tertiary/aromatic N) is 1. The molecule has 0 amide bonds. The number of nitrogens with one attached hydrogen (secondary N) is 1. The molecular formula is C12H16N2O2S. The molecule has 2 heterocycles. The first kappa shape index (κ1) is 11.0. The second-order valence-corrected chi connectivity index (χ2v) is 6.92. The van der Waals surface area contributed by atoms with Gasteiger partial charge < -0.3 is 5.32 Å². The van der Waals surface area contributed by atoms with Gasteiger partial charge in [-0.15, -0.1) is 0 Å². The van der Waals surface area contributed by atoms with Crippen LogP contribution in [0, 0.1) is 5.41 Å². The molecule has 2 fully saturated rings. The van der Waals surface area contributed by atoms with Gasteiger partial charge in [0.15, 0.2) is 0 Å². The zero-order valence-electron chi connectivity index (χ0n) is 9.59. The van der Waals surface area contributed by atoms with Gasteiger partial charge in [0.05, 0.1) is 11.4 Å². The topological polar surface area (TPSA) is 49.4 Å². The van der Waals surface area contributed by atoms with E-state index in [0.29, 0.717) is 6.54 Å². The van der Waals surface area contributed by atoms with Gasteiger partial charge in [-0.05, 0) is 25.1 Å². The highest BCUT2D eigenvalue weighted by Gasteiger charge is 2.48. The van der Waals surface area contributed by atoms with E-state index in [1.807, 2.05) is 30.3 Å². The van der Waals surface area contributed by atoms with Crippen LogP contribution in [-0.2, 0) is 10.0 Å². The third-order valence-corrected chi connectivity index (χ3v) is 5.67. The zero-order chi connectivity index (χ0) is 11.9. The Labute approximate surface area is 102 Å². The van der Waals surface area contributed by atoms with Crippen molar-refractivity contribution < 1.29 is 8.42 Å². The number of hydrogen-bond acceptors (Lipinski definition) is 3. The minimum absolute atomic E-state index is 0.0747. The Kier molecular flexibility index (Phi) is 2.41. The van der Waals surface area contributed by atoms with Crippen LogP contribution in [0.2, 0.25) is 0 Å². The van der Waals surface area contributed by atoms with E-state index in [1.54, 1.807) is 4.31 Å². The van der Waals surface area contributed by atoms with Gasteiger partial charge in [-0.3, -0.25) is 4.31 Å². The highest BCUT2D eigenvalue weighted by Crippen LogP contribution is 2.38. The smallest absolute Gasteiger partial charge is 0.235 e. The van der Waals surface area contributed by atoms with E-state index in [9.17, 15) is 8.42 Å². The molecular weight excluding hydrogens is 236 g/mol. The summed E-state index contributed by atoms with van der Waals surface area (Å²) in [7, 11) is -3.14. The molecule has 0 radical (unpaired) electrons. The van der Waals surface area contributed by atoms with Crippen molar-refractivity contribution in [3.8, 4) is 0 Å². The normalized spacial score (nSPS) is 31.2. The Bertz CT molecular complexity index is 507. The molecule has 0 bridgehead atoms. The number of sulfonamides is 1. The number of benzene rings is 1. The summed E-state index contributed by atoms with van der Waals surface area (Å²) in [6, 6.07) is 9.38. The molecule has 5 heteroatoms. The summed E-state index contributed by atoms with van der Waals surface area (Å²) in [6.07, 6.45) is 0.954. The van der Waals surface area contributed by atoms with Crippen LogP contribution < -0.4 is 9.62 Å². The monoisotopic (exact) mass is 252 g/mol. The number of hydrogen-bond donors (Lipinski definition) is 1. The Balaban J connectivity index is 1.96. The standard InChI is InChI=1S/C12H16N2O2S/c15-17(16)10-12(6-7-13-8-12)9-14(17)11-4-2-1-3-5-11/h1-5,13H,6-10H2. The summed E-state index contributed by atoms with van der Waals surface area (Å²) in [5, 5.41) is 3.27. The van der Waals surface area contributed by atoms with E-state index in [4.69, 9.17) is 0 Å². The van der Waals surface area contributed by atoms with E-state index in [-0.39, 0.29) is 11.2 Å². The van der Waals surface area contributed by atoms with Crippen molar-refractivity contribution in [1.82, 2.24) is 5.32 Å². The van der Waals surface area contributed by atoms with Crippen LogP contribution in [0.1, 0.15) is 6.42 Å². The molecule has 17 heavy (non-hydrogen) atoms. The molecule has 1 N–H and O–H groups in total. The first-order valence-corrected chi connectivity index (χ1v) is 7.49. The van der Waals surface area contributed by atoms with Crippen molar-refractivity contribution in [1.29, 1.82) is 0 Å². The lowest BCUT2D eigenvalue weighted by atomic mass is 9.89. The molecule has 1 spiro atoms. The summed E-state index contributed by atoms with van der Waals surface area (Å²) >= 11 is 0. The molecule has 1 aromatic rings. The average molecular weight is 252 g/mol. The number of para-hydroxylation sites is 1. The SMILES string of the molecule is O=S1(=O)CC2(CCNC2)CN1c1ccccc1. The van der Waals surface area contributed by atoms with Crippen molar-refractivity contribution in [2.75, 3.05) is 29.7 Å². The summed E-state index contributed by atoms with van der Waals surface area (Å²) in [4.78, 5) is 0. The van der Waals surface area contributed by atoms with Gasteiger partial charge in [0.2, 0.25) is 10.0 Å². The largest absolute Gasteiger partial charge is 0.316 e. The van der Waals surface area contributed by atoms with Gasteiger partial charge in [0, 0.05) is 18.5 Å². The molecule has 1 atom stereocenters. The maximum atomic E-state index is 12.2. The molecule has 0 aromatic heterocycles. The molecule has 2 aliphatic heterocycles. The fraction of sp³-hybridized carbons (Fsp3) is 0.500. The lowest BCUT2D eigenvalue weighted by Crippen LogP contribution is -2.30. The fourth-order valence-corrected chi connectivity index (χ4v) is 4.99. The summed E-state index contributed by atoms with van der Waals surface area (Å²) in [5.41, 5.74) is 0.713. The van der Waals surface area contributed by atoms with Gasteiger partial charge in [-0.25, -0.2) is 8.42 Å². The molecule has 2 aliphatic rings. The van der Waals surface area contributed by atoms with Crippen molar-refractivity contribution in [2.45, 2.75) is 6.42 Å². The average Bonchev–Trinajstić information content (AvgIpc) is 2.85. The fourth-order valence-electron chi connectivity index (χ4n) is 2.81. The van der Waals surface area contributed by atoms with Gasteiger partial charge in [0.25, 0.3) is 0 Å². The Morgan fingerprint density at radius 1 is 1.24 bits per heavy atom. The van der Waals surface area contributed by atoms with Crippen LogP contribution in [0.25, 0.3) is 0 Å². The lowest BCUT2D eigenvalue weighted by Gasteiger charge is -2.21. The second-order valence-electron chi connectivity index (χ2n) is 5.03. The molecule has 0 saturated carbocycles. The van der Waals surface area contributed by atoms with Gasteiger partial charge in [-0.1, -0.05) is 18.2 Å². The van der Waals surface area contributed by atoms with Crippen LogP contribution in [0.15, 0.2) is 30.3 Å². The quantitative estimate of drug-likeness (QED) is 0.805. The van der Waals surface area contributed by atoms with Crippen molar-refractivity contribution in [3.63, 3.8) is 0 Å². The van der Waals surface area contributed by atoms with E-state index in [0.717, 1.165) is 25.2 Å². The number of rotatable bonds is 1. The second kappa shape index (κ2) is 3.71. The zero-order valence-corrected chi connectivity index (χ0v) is 10.4. The number of anilines is 1. The van der Waals surface area contributed by atoms with E-state index in [1.165, 1.54) is 0 Å². The Hall–Kier alpha value is -1.07. The summed E-state index contributed by atoms with van der Waals surface area (Å²) in [6.45, 7) is 2.36. The predicted molar refractivity (Wildman–Crippen MR) is 67.5 cm³/mol. The maximum absolute atomic E-state index is 12.2. The van der Waals surface area contributed by atoms with Gasteiger partial charge in [-0.2, -0.15) is 0 Å². The maximum Gasteiger partial charge on any atom is 0.235 e. The molecule has 1 aromatic carbocycles. The summed E-state index contributed by atoms with van der Waals surface area (Å²) in [5.74, 6) is 0.280.